The van der Waals surface area contributed by atoms with Gasteiger partial charge in [0.1, 0.15) is 12.6 Å². The van der Waals surface area contributed by atoms with E-state index in [1.54, 1.807) is 0 Å². The van der Waals surface area contributed by atoms with Gasteiger partial charge in [-0.1, -0.05) is 37.3 Å². The fraction of sp³-hybridized carbons (Fsp3) is 0.524. The second-order valence-electron chi connectivity index (χ2n) is 7.59. The van der Waals surface area contributed by atoms with E-state index in [2.05, 4.69) is 5.32 Å². The molecule has 3 unspecified atom stereocenters. The fourth-order valence-electron chi connectivity index (χ4n) is 3.54. The minimum absolute atomic E-state index is 0.0454. The molecule has 3 atom stereocenters. The molecule has 3 N–H and O–H groups in total. The quantitative estimate of drug-likeness (QED) is 0.556. The molecular formula is C21H28N4O6. The molecule has 0 radical (unpaired) electrons. The molecule has 168 valence electrons. The molecule has 0 aliphatic carbocycles. The number of carbonyl (C=O) groups is 4. The van der Waals surface area contributed by atoms with Gasteiger partial charge in [0.05, 0.1) is 19.1 Å². The summed E-state index contributed by atoms with van der Waals surface area (Å²) in [6.07, 6.45) is 0.0113. The highest BCUT2D eigenvalue weighted by Gasteiger charge is 2.39. The number of esters is 1. The van der Waals surface area contributed by atoms with E-state index in [0.29, 0.717) is 13.0 Å². The molecule has 2 fully saturated rings. The van der Waals surface area contributed by atoms with Crippen LogP contribution < -0.4 is 11.1 Å². The van der Waals surface area contributed by atoms with Crippen molar-refractivity contribution in [1.82, 2.24) is 15.3 Å². The molecule has 1 aromatic rings. The van der Waals surface area contributed by atoms with Crippen LogP contribution in [-0.4, -0.2) is 65.2 Å². The third-order valence-electron chi connectivity index (χ3n) is 5.12. The molecule has 2 aliphatic rings. The third kappa shape index (κ3) is 5.80. The number of nitrogens with zero attached hydrogens (tertiary/aromatic N) is 2. The molecule has 31 heavy (non-hydrogen) atoms. The van der Waals surface area contributed by atoms with Crippen LogP contribution in [0.2, 0.25) is 0 Å². The first-order valence-electron chi connectivity index (χ1n) is 10.4. The number of ether oxygens (including phenoxy) is 2. The Kier molecular flexibility index (Phi) is 7.59. The zero-order valence-electron chi connectivity index (χ0n) is 17.5. The minimum Gasteiger partial charge on any atom is -0.433 e. The van der Waals surface area contributed by atoms with Crippen molar-refractivity contribution in [2.75, 3.05) is 13.1 Å². The van der Waals surface area contributed by atoms with Crippen LogP contribution in [0.15, 0.2) is 30.3 Å². The first-order chi connectivity index (χ1) is 14.9. The van der Waals surface area contributed by atoms with Crippen LogP contribution in [0.3, 0.4) is 0 Å². The lowest BCUT2D eigenvalue weighted by Gasteiger charge is -2.33. The average molecular weight is 432 g/mol. The Morgan fingerprint density at radius 2 is 1.97 bits per heavy atom. The Hall–Kier alpha value is -2.98. The Morgan fingerprint density at radius 3 is 2.68 bits per heavy atom. The normalized spacial score (nSPS) is 24.2. The lowest BCUT2D eigenvalue weighted by molar-refractivity contribution is -0.169. The zero-order valence-corrected chi connectivity index (χ0v) is 17.5. The van der Waals surface area contributed by atoms with Gasteiger partial charge in [-0.05, 0) is 18.4 Å². The summed E-state index contributed by atoms with van der Waals surface area (Å²) < 4.78 is 10.9. The summed E-state index contributed by atoms with van der Waals surface area (Å²) in [5.74, 6) is -1.75. The number of cyclic esters (lactones) is 1. The first-order valence-corrected chi connectivity index (χ1v) is 10.4. The topological polar surface area (TPSA) is 131 Å². The van der Waals surface area contributed by atoms with Gasteiger partial charge < -0.3 is 20.5 Å². The van der Waals surface area contributed by atoms with E-state index in [9.17, 15) is 19.2 Å². The molecular weight excluding hydrogens is 404 g/mol. The van der Waals surface area contributed by atoms with Crippen LogP contribution in [0.25, 0.3) is 0 Å². The van der Waals surface area contributed by atoms with E-state index in [-0.39, 0.29) is 38.3 Å². The molecule has 0 spiro atoms. The summed E-state index contributed by atoms with van der Waals surface area (Å²) in [7, 11) is 0. The Labute approximate surface area is 180 Å². The van der Waals surface area contributed by atoms with Gasteiger partial charge in [-0.3, -0.25) is 24.2 Å². The highest BCUT2D eigenvalue weighted by atomic mass is 16.7. The molecule has 10 nitrogen and oxygen atoms in total. The van der Waals surface area contributed by atoms with Gasteiger partial charge >= 0.3 is 5.97 Å². The van der Waals surface area contributed by atoms with E-state index in [1.165, 1.54) is 5.01 Å². The fourth-order valence-corrected chi connectivity index (χ4v) is 3.54. The number of amides is 3. The van der Waals surface area contributed by atoms with E-state index in [1.807, 2.05) is 37.3 Å². The van der Waals surface area contributed by atoms with Gasteiger partial charge in [0, 0.05) is 13.0 Å². The molecule has 2 heterocycles. The summed E-state index contributed by atoms with van der Waals surface area (Å²) in [6, 6.07) is 7.81. The molecule has 0 bridgehead atoms. The van der Waals surface area contributed by atoms with Crippen LogP contribution in [0.5, 0.6) is 0 Å². The largest absolute Gasteiger partial charge is 0.433 e. The van der Waals surface area contributed by atoms with Gasteiger partial charge in [-0.2, -0.15) is 0 Å². The van der Waals surface area contributed by atoms with Crippen molar-refractivity contribution in [3.05, 3.63) is 35.9 Å². The predicted octanol–water partition coefficient (Wildman–Crippen LogP) is 0.0643. The minimum atomic E-state index is -0.938. The Balaban J connectivity index is 1.63. The summed E-state index contributed by atoms with van der Waals surface area (Å²) in [6.45, 7) is 2.01. The number of rotatable bonds is 8. The van der Waals surface area contributed by atoms with Crippen molar-refractivity contribution in [3.63, 3.8) is 0 Å². The standard InChI is InChI=1S/C21H28N4O6/c1-2-10-24-18(27)9-8-15(22)20(29)25(24)12-17(26)23-16-11-19(28)31-21(16)30-13-14-6-4-3-5-7-14/h3-7,15-16,21H,2,8-13,22H2,1H3,(H,23,26). The number of benzene rings is 1. The van der Waals surface area contributed by atoms with Crippen LogP contribution in [0, 0.1) is 0 Å². The molecule has 0 aromatic heterocycles. The molecule has 3 rings (SSSR count). The van der Waals surface area contributed by atoms with Crippen molar-refractivity contribution in [2.24, 2.45) is 5.73 Å². The molecule has 0 saturated carbocycles. The smallest absolute Gasteiger partial charge is 0.310 e. The van der Waals surface area contributed by atoms with E-state index >= 15 is 0 Å². The van der Waals surface area contributed by atoms with Gasteiger partial charge in [0.15, 0.2) is 0 Å². The van der Waals surface area contributed by atoms with Crippen molar-refractivity contribution in [3.8, 4) is 0 Å². The summed E-state index contributed by atoms with van der Waals surface area (Å²) in [4.78, 5) is 49.5. The summed E-state index contributed by atoms with van der Waals surface area (Å²) in [5, 5.41) is 5.09. The number of carbonyl (C=O) groups excluding carboxylic acids is 4. The lowest BCUT2D eigenvalue weighted by Crippen LogP contribution is -2.56. The van der Waals surface area contributed by atoms with Gasteiger partial charge in [0.2, 0.25) is 18.1 Å². The number of nitrogens with one attached hydrogen (secondary N) is 1. The van der Waals surface area contributed by atoms with Crippen LogP contribution >= 0.6 is 0 Å². The van der Waals surface area contributed by atoms with E-state index in [0.717, 1.165) is 10.6 Å². The van der Waals surface area contributed by atoms with E-state index in [4.69, 9.17) is 15.2 Å². The van der Waals surface area contributed by atoms with Gasteiger partial charge in [-0.15, -0.1) is 0 Å². The molecule has 10 heteroatoms. The zero-order chi connectivity index (χ0) is 22.4. The van der Waals surface area contributed by atoms with Crippen molar-refractivity contribution >= 4 is 23.7 Å². The van der Waals surface area contributed by atoms with Crippen LogP contribution in [-0.2, 0) is 35.3 Å². The maximum Gasteiger partial charge on any atom is 0.310 e. The lowest BCUT2D eigenvalue weighted by atomic mass is 10.1. The van der Waals surface area contributed by atoms with Crippen molar-refractivity contribution in [1.29, 1.82) is 0 Å². The van der Waals surface area contributed by atoms with E-state index < -0.39 is 36.2 Å². The monoisotopic (exact) mass is 432 g/mol. The molecule has 2 aliphatic heterocycles. The molecule has 3 amide bonds. The highest BCUT2D eigenvalue weighted by molar-refractivity contribution is 5.91. The van der Waals surface area contributed by atoms with Crippen LogP contribution in [0.4, 0.5) is 0 Å². The Bertz CT molecular complexity index is 817. The number of hydrogen-bond donors (Lipinski definition) is 2. The van der Waals surface area contributed by atoms with Crippen molar-refractivity contribution in [2.45, 2.75) is 57.6 Å². The first kappa shape index (κ1) is 22.7. The second-order valence-corrected chi connectivity index (χ2v) is 7.59. The third-order valence-corrected chi connectivity index (χ3v) is 5.12. The van der Waals surface area contributed by atoms with Crippen LogP contribution in [0.1, 0.15) is 38.2 Å². The number of hydrazine groups is 1. The predicted molar refractivity (Wildman–Crippen MR) is 109 cm³/mol. The summed E-state index contributed by atoms with van der Waals surface area (Å²) >= 11 is 0. The SMILES string of the molecule is CCCN1C(=O)CCC(N)C(=O)N1CC(=O)NC1CC(=O)OC1OCc1ccccc1. The highest BCUT2D eigenvalue weighted by Crippen LogP contribution is 2.19. The maximum atomic E-state index is 12.7. The molecule has 1 aromatic carbocycles. The Morgan fingerprint density at radius 1 is 1.23 bits per heavy atom. The second kappa shape index (κ2) is 10.4. The average Bonchev–Trinajstić information content (AvgIpc) is 3.07. The summed E-state index contributed by atoms with van der Waals surface area (Å²) in [5.41, 5.74) is 6.77. The van der Waals surface area contributed by atoms with Gasteiger partial charge in [0.25, 0.3) is 5.91 Å². The van der Waals surface area contributed by atoms with Gasteiger partial charge in [-0.25, -0.2) is 5.01 Å². The number of nitrogens with two attached hydrogens (primary N) is 1. The molecule has 2 saturated heterocycles. The van der Waals surface area contributed by atoms with Crippen molar-refractivity contribution < 1.29 is 28.7 Å². The number of hydrogen-bond acceptors (Lipinski definition) is 7. The maximum absolute atomic E-state index is 12.7.